The highest BCUT2D eigenvalue weighted by Gasteiger charge is 2.21. The minimum atomic E-state index is 0.0838. The molecule has 21 heavy (non-hydrogen) atoms. The molecule has 0 bridgehead atoms. The van der Waals surface area contributed by atoms with E-state index >= 15 is 0 Å². The van der Waals surface area contributed by atoms with Crippen LogP contribution in [0.5, 0.6) is 5.75 Å². The van der Waals surface area contributed by atoms with Gasteiger partial charge in [0.25, 0.3) is 0 Å². The first-order valence-electron chi connectivity index (χ1n) is 7.70. The Morgan fingerprint density at radius 1 is 1.24 bits per heavy atom. The van der Waals surface area contributed by atoms with Gasteiger partial charge in [-0.25, -0.2) is 0 Å². The lowest BCUT2D eigenvalue weighted by molar-refractivity contribution is 0.333. The van der Waals surface area contributed by atoms with E-state index in [0.717, 1.165) is 30.0 Å². The molecule has 0 aliphatic heterocycles. The van der Waals surface area contributed by atoms with Gasteiger partial charge < -0.3 is 10.1 Å². The van der Waals surface area contributed by atoms with Crippen LogP contribution in [0.1, 0.15) is 43.8 Å². The van der Waals surface area contributed by atoms with Crippen LogP contribution in [0.3, 0.4) is 0 Å². The maximum Gasteiger partial charge on any atom is 0.124 e. The molecule has 0 radical (unpaired) electrons. The second kappa shape index (κ2) is 7.27. The summed E-state index contributed by atoms with van der Waals surface area (Å²) < 4.78 is 7.85. The molecule has 0 amide bonds. The van der Waals surface area contributed by atoms with Gasteiger partial charge in [-0.05, 0) is 39.4 Å². The molecule has 2 rings (SSSR count). The summed E-state index contributed by atoms with van der Waals surface area (Å²) in [6.45, 7) is 7.80. The minimum Gasteiger partial charge on any atom is -0.494 e. The fourth-order valence-electron chi connectivity index (χ4n) is 2.61. The predicted molar refractivity (Wildman–Crippen MR) is 85.8 cm³/mol. The number of hydrogen-bond acceptors (Lipinski definition) is 3. The fourth-order valence-corrected chi connectivity index (χ4v) is 2.61. The van der Waals surface area contributed by atoms with Gasteiger partial charge in [-0.1, -0.05) is 25.1 Å². The van der Waals surface area contributed by atoms with Crippen LogP contribution < -0.4 is 10.1 Å². The number of hydrogen-bond donors (Lipinski definition) is 1. The number of nitrogens with one attached hydrogen (secondary N) is 1. The van der Waals surface area contributed by atoms with Gasteiger partial charge in [0.15, 0.2) is 0 Å². The lowest BCUT2D eigenvalue weighted by Crippen LogP contribution is -2.22. The van der Waals surface area contributed by atoms with E-state index in [9.17, 15) is 0 Å². The van der Waals surface area contributed by atoms with Gasteiger partial charge in [-0.3, -0.25) is 4.68 Å². The predicted octanol–water partition coefficient (Wildman–Crippen LogP) is 3.17. The van der Waals surface area contributed by atoms with Crippen molar-refractivity contribution in [1.29, 1.82) is 0 Å². The molecule has 0 aliphatic rings. The third kappa shape index (κ3) is 3.27. The zero-order valence-corrected chi connectivity index (χ0v) is 13.4. The normalized spacial score (nSPS) is 12.4. The molecular formula is C17H25N3O. The van der Waals surface area contributed by atoms with Crippen LogP contribution in [0.2, 0.25) is 0 Å². The molecule has 0 saturated heterocycles. The molecule has 1 aromatic carbocycles. The molecule has 0 fully saturated rings. The van der Waals surface area contributed by atoms with Gasteiger partial charge in [0.1, 0.15) is 5.75 Å². The molecule has 1 N–H and O–H groups in total. The summed E-state index contributed by atoms with van der Waals surface area (Å²) in [4.78, 5) is 0. The molecule has 1 heterocycles. The largest absolute Gasteiger partial charge is 0.494 e. The molecule has 1 aromatic heterocycles. The van der Waals surface area contributed by atoms with Crippen molar-refractivity contribution < 1.29 is 4.74 Å². The average molecular weight is 287 g/mol. The molecule has 1 unspecified atom stereocenters. The Morgan fingerprint density at radius 3 is 2.62 bits per heavy atom. The molecule has 2 aromatic rings. The van der Waals surface area contributed by atoms with E-state index in [2.05, 4.69) is 47.1 Å². The monoisotopic (exact) mass is 287 g/mol. The van der Waals surface area contributed by atoms with E-state index in [0.29, 0.717) is 6.61 Å². The van der Waals surface area contributed by atoms with Gasteiger partial charge in [0.2, 0.25) is 0 Å². The lowest BCUT2D eigenvalue weighted by atomic mass is 10.0. The number of ether oxygens (including phenoxy) is 1. The van der Waals surface area contributed by atoms with Gasteiger partial charge in [0, 0.05) is 12.1 Å². The molecule has 114 valence electrons. The van der Waals surface area contributed by atoms with Crippen molar-refractivity contribution >= 4 is 0 Å². The topological polar surface area (TPSA) is 39.1 Å². The number of benzene rings is 1. The zero-order valence-electron chi connectivity index (χ0n) is 13.4. The van der Waals surface area contributed by atoms with Crippen LogP contribution in [0.25, 0.3) is 0 Å². The molecule has 1 atom stereocenters. The Morgan fingerprint density at radius 2 is 2.00 bits per heavy atom. The van der Waals surface area contributed by atoms with E-state index in [1.807, 2.05) is 26.1 Å². The maximum absolute atomic E-state index is 5.78. The first kappa shape index (κ1) is 15.6. The van der Waals surface area contributed by atoms with E-state index < -0.39 is 0 Å². The highest BCUT2D eigenvalue weighted by molar-refractivity contribution is 5.40. The summed E-state index contributed by atoms with van der Waals surface area (Å²) in [5.74, 6) is 0.932. The molecule has 0 spiro atoms. The smallest absolute Gasteiger partial charge is 0.124 e. The number of aryl methyl sites for hydroxylation is 2. The standard InChI is InChI=1S/C17H25N3O/c1-5-13-12-15(20(6-2)19-13)17(18-4)14-10-8-9-11-16(14)21-7-3/h8-12,17-18H,5-7H2,1-4H3. The summed E-state index contributed by atoms with van der Waals surface area (Å²) in [5, 5.41) is 8.06. The van der Waals surface area contributed by atoms with E-state index in [1.54, 1.807) is 0 Å². The summed E-state index contributed by atoms with van der Waals surface area (Å²) in [6.07, 6.45) is 0.948. The SMILES string of the molecule is CCOc1ccccc1C(NC)c1cc(CC)nn1CC. The van der Waals surface area contributed by atoms with Gasteiger partial charge in [-0.2, -0.15) is 5.10 Å². The first-order chi connectivity index (χ1) is 10.2. The minimum absolute atomic E-state index is 0.0838. The van der Waals surface area contributed by atoms with Crippen LogP contribution in [-0.4, -0.2) is 23.4 Å². The summed E-state index contributed by atoms with van der Waals surface area (Å²) in [7, 11) is 1.98. The summed E-state index contributed by atoms with van der Waals surface area (Å²) in [6, 6.07) is 10.5. The molecule has 0 saturated carbocycles. The van der Waals surface area contributed by atoms with Gasteiger partial charge >= 0.3 is 0 Å². The summed E-state index contributed by atoms with van der Waals surface area (Å²) >= 11 is 0. The van der Waals surface area contributed by atoms with Crippen molar-refractivity contribution in [2.45, 2.75) is 39.8 Å². The van der Waals surface area contributed by atoms with Crippen molar-refractivity contribution in [3.63, 3.8) is 0 Å². The Kier molecular flexibility index (Phi) is 5.39. The quantitative estimate of drug-likeness (QED) is 0.850. The highest BCUT2D eigenvalue weighted by atomic mass is 16.5. The number of rotatable bonds is 7. The van der Waals surface area contributed by atoms with Crippen molar-refractivity contribution in [3.8, 4) is 5.75 Å². The fraction of sp³-hybridized carbons (Fsp3) is 0.471. The van der Waals surface area contributed by atoms with Gasteiger partial charge in [0.05, 0.1) is 24.0 Å². The Bertz CT molecular complexity index is 577. The average Bonchev–Trinajstić information content (AvgIpc) is 2.93. The Hall–Kier alpha value is -1.81. The second-order valence-electron chi connectivity index (χ2n) is 4.92. The van der Waals surface area contributed by atoms with Crippen LogP contribution >= 0.6 is 0 Å². The van der Waals surface area contributed by atoms with E-state index in [1.165, 1.54) is 5.69 Å². The molecular weight excluding hydrogens is 262 g/mol. The van der Waals surface area contributed by atoms with Crippen LogP contribution in [0.15, 0.2) is 30.3 Å². The molecule has 4 nitrogen and oxygen atoms in total. The zero-order chi connectivity index (χ0) is 15.2. The van der Waals surface area contributed by atoms with Crippen molar-refractivity contribution in [2.75, 3.05) is 13.7 Å². The van der Waals surface area contributed by atoms with Crippen LogP contribution in [-0.2, 0) is 13.0 Å². The third-order valence-corrected chi connectivity index (χ3v) is 3.64. The van der Waals surface area contributed by atoms with Crippen molar-refractivity contribution in [1.82, 2.24) is 15.1 Å². The highest BCUT2D eigenvalue weighted by Crippen LogP contribution is 2.30. The van der Waals surface area contributed by atoms with Crippen LogP contribution in [0.4, 0.5) is 0 Å². The van der Waals surface area contributed by atoms with Crippen molar-refractivity contribution in [2.24, 2.45) is 0 Å². The summed E-state index contributed by atoms with van der Waals surface area (Å²) in [5.41, 5.74) is 3.46. The Labute approximate surface area is 127 Å². The lowest BCUT2D eigenvalue weighted by Gasteiger charge is -2.20. The number of para-hydroxylation sites is 1. The maximum atomic E-state index is 5.78. The first-order valence-corrected chi connectivity index (χ1v) is 7.70. The number of aromatic nitrogens is 2. The molecule has 4 heteroatoms. The van der Waals surface area contributed by atoms with Gasteiger partial charge in [-0.15, -0.1) is 0 Å². The molecule has 0 aliphatic carbocycles. The van der Waals surface area contributed by atoms with E-state index in [-0.39, 0.29) is 6.04 Å². The third-order valence-electron chi connectivity index (χ3n) is 3.64. The van der Waals surface area contributed by atoms with Crippen LogP contribution in [0, 0.1) is 0 Å². The van der Waals surface area contributed by atoms with Crippen molar-refractivity contribution in [3.05, 3.63) is 47.3 Å². The Balaban J connectivity index is 2.46. The number of nitrogens with zero attached hydrogens (tertiary/aromatic N) is 2. The van der Waals surface area contributed by atoms with E-state index in [4.69, 9.17) is 4.74 Å². The second-order valence-corrected chi connectivity index (χ2v) is 4.92.